The number of hydrogen-bond donors (Lipinski definition) is 2. The monoisotopic (exact) mass is 480 g/mol. The number of aliphatic hydroxyl groups is 2. The minimum absolute atomic E-state index is 0.297. The Labute approximate surface area is 161 Å². The van der Waals surface area contributed by atoms with Gasteiger partial charge in [0.05, 0.1) is 12.7 Å². The summed E-state index contributed by atoms with van der Waals surface area (Å²) in [7, 11) is 0. The van der Waals surface area contributed by atoms with Gasteiger partial charge >= 0.3 is 6.36 Å². The van der Waals surface area contributed by atoms with Crippen LogP contribution in [0.1, 0.15) is 24.2 Å². The second-order valence-corrected chi connectivity index (χ2v) is 7.15. The van der Waals surface area contributed by atoms with Crippen molar-refractivity contribution in [2.45, 2.75) is 31.9 Å². The maximum absolute atomic E-state index is 12.3. The zero-order valence-electron chi connectivity index (χ0n) is 13.7. The van der Waals surface area contributed by atoms with E-state index >= 15 is 0 Å². The maximum Gasteiger partial charge on any atom is 0.573 e. The van der Waals surface area contributed by atoms with Crippen LogP contribution in [0, 0.1) is 3.57 Å². The SMILES string of the molecule is C[C@H](O)[C@@H](O)c1c(I)cc(-c2ccc(OC(F)(F)F)cc2)c2c1CCO2. The largest absolute Gasteiger partial charge is 0.573 e. The van der Waals surface area contributed by atoms with Gasteiger partial charge in [0.15, 0.2) is 0 Å². The Balaban J connectivity index is 2.02. The van der Waals surface area contributed by atoms with Crippen molar-refractivity contribution in [3.8, 4) is 22.6 Å². The quantitative estimate of drug-likeness (QED) is 0.645. The standard InChI is InChI=1S/C18H16F3IO4/c1-9(23)16(24)15-12-6-7-25-17(12)13(8-14(15)22)10-2-4-11(5-3-10)26-18(19,20)21/h2-5,8-9,16,23-24H,6-7H2,1H3/t9-,16+/m0/s1. The van der Waals surface area contributed by atoms with E-state index in [2.05, 4.69) is 27.3 Å². The topological polar surface area (TPSA) is 58.9 Å². The maximum atomic E-state index is 12.3. The van der Waals surface area contributed by atoms with Crippen molar-refractivity contribution in [2.75, 3.05) is 6.61 Å². The molecule has 0 saturated carbocycles. The van der Waals surface area contributed by atoms with Crippen LogP contribution in [0.5, 0.6) is 11.5 Å². The number of rotatable bonds is 4. The molecule has 26 heavy (non-hydrogen) atoms. The van der Waals surface area contributed by atoms with Gasteiger partial charge in [-0.2, -0.15) is 0 Å². The highest BCUT2D eigenvalue weighted by Crippen LogP contribution is 2.44. The molecule has 0 fully saturated rings. The second-order valence-electron chi connectivity index (χ2n) is 5.98. The summed E-state index contributed by atoms with van der Waals surface area (Å²) in [6.07, 6.45) is -6.11. The van der Waals surface area contributed by atoms with Crippen LogP contribution in [-0.2, 0) is 6.42 Å². The second kappa shape index (κ2) is 7.24. The van der Waals surface area contributed by atoms with E-state index in [1.165, 1.54) is 31.2 Å². The molecule has 1 aliphatic rings. The smallest absolute Gasteiger partial charge is 0.492 e. The predicted octanol–water partition coefficient (Wildman–Crippen LogP) is 4.21. The highest BCUT2D eigenvalue weighted by atomic mass is 127. The summed E-state index contributed by atoms with van der Waals surface area (Å²) in [4.78, 5) is 0. The van der Waals surface area contributed by atoms with E-state index in [9.17, 15) is 23.4 Å². The van der Waals surface area contributed by atoms with Crippen molar-refractivity contribution >= 4 is 22.6 Å². The Morgan fingerprint density at radius 3 is 2.42 bits per heavy atom. The van der Waals surface area contributed by atoms with E-state index in [0.29, 0.717) is 29.9 Å². The molecule has 140 valence electrons. The lowest BCUT2D eigenvalue weighted by molar-refractivity contribution is -0.274. The van der Waals surface area contributed by atoms with Gasteiger partial charge in [-0.3, -0.25) is 0 Å². The van der Waals surface area contributed by atoms with Crippen molar-refractivity contribution in [3.63, 3.8) is 0 Å². The molecule has 8 heteroatoms. The molecular formula is C18H16F3IO4. The molecule has 0 saturated heterocycles. The highest BCUT2D eigenvalue weighted by Gasteiger charge is 2.31. The molecule has 0 spiro atoms. The number of benzene rings is 2. The van der Waals surface area contributed by atoms with Crippen LogP contribution in [-0.4, -0.2) is 29.3 Å². The molecule has 4 nitrogen and oxygen atoms in total. The van der Waals surface area contributed by atoms with E-state index in [4.69, 9.17) is 4.74 Å². The summed E-state index contributed by atoms with van der Waals surface area (Å²) in [5, 5.41) is 20.1. The van der Waals surface area contributed by atoms with Crippen molar-refractivity contribution in [3.05, 3.63) is 45.0 Å². The molecule has 2 N–H and O–H groups in total. The third kappa shape index (κ3) is 3.91. The highest BCUT2D eigenvalue weighted by molar-refractivity contribution is 14.1. The van der Waals surface area contributed by atoms with Crippen LogP contribution < -0.4 is 9.47 Å². The summed E-state index contributed by atoms with van der Waals surface area (Å²) in [5.74, 6) is 0.291. The van der Waals surface area contributed by atoms with Crippen molar-refractivity contribution in [1.82, 2.24) is 0 Å². The average Bonchev–Trinajstić information content (AvgIpc) is 3.02. The van der Waals surface area contributed by atoms with Gasteiger partial charge in [0.2, 0.25) is 0 Å². The molecule has 2 aromatic carbocycles. The lowest BCUT2D eigenvalue weighted by Gasteiger charge is -2.20. The minimum atomic E-state index is -4.74. The van der Waals surface area contributed by atoms with Crippen molar-refractivity contribution < 1.29 is 32.9 Å². The van der Waals surface area contributed by atoms with E-state index < -0.39 is 18.6 Å². The Bertz CT molecular complexity index is 804. The number of halogens is 4. The van der Waals surface area contributed by atoms with E-state index in [1.807, 2.05) is 0 Å². The molecule has 0 amide bonds. The summed E-state index contributed by atoms with van der Waals surface area (Å²) in [6, 6.07) is 7.34. The number of ether oxygens (including phenoxy) is 2. The van der Waals surface area contributed by atoms with Gasteiger partial charge in [-0.15, -0.1) is 13.2 Å². The summed E-state index contributed by atoms with van der Waals surface area (Å²) in [5.41, 5.74) is 2.85. The van der Waals surface area contributed by atoms with Crippen LogP contribution in [0.4, 0.5) is 13.2 Å². The third-order valence-electron chi connectivity index (χ3n) is 4.12. The molecule has 0 aromatic heterocycles. The summed E-state index contributed by atoms with van der Waals surface area (Å²) >= 11 is 2.08. The fraction of sp³-hybridized carbons (Fsp3) is 0.333. The predicted molar refractivity (Wildman–Crippen MR) is 97.1 cm³/mol. The number of alkyl halides is 3. The van der Waals surface area contributed by atoms with Crippen LogP contribution in [0.25, 0.3) is 11.1 Å². The first-order valence-corrected chi connectivity index (χ1v) is 8.95. The molecular weight excluding hydrogens is 464 g/mol. The first-order valence-electron chi connectivity index (χ1n) is 7.88. The lowest BCUT2D eigenvalue weighted by Crippen LogP contribution is -2.17. The molecule has 0 aliphatic carbocycles. The zero-order chi connectivity index (χ0) is 19.1. The number of fused-ring (bicyclic) bond motifs is 1. The fourth-order valence-corrected chi connectivity index (χ4v) is 3.93. The summed E-state index contributed by atoms with van der Waals surface area (Å²) < 4.78 is 47.2. The van der Waals surface area contributed by atoms with Gasteiger partial charge in [-0.25, -0.2) is 0 Å². The van der Waals surface area contributed by atoms with E-state index in [0.717, 1.165) is 14.7 Å². The first kappa shape index (κ1) is 19.2. The van der Waals surface area contributed by atoms with Gasteiger partial charge in [0.25, 0.3) is 0 Å². The van der Waals surface area contributed by atoms with Crippen LogP contribution in [0.15, 0.2) is 30.3 Å². The zero-order valence-corrected chi connectivity index (χ0v) is 15.8. The molecule has 2 atom stereocenters. The number of hydrogen-bond acceptors (Lipinski definition) is 4. The molecule has 1 aliphatic heterocycles. The normalized spacial score (nSPS) is 16.0. The molecule has 0 radical (unpaired) electrons. The van der Waals surface area contributed by atoms with Gasteiger partial charge in [-0.1, -0.05) is 12.1 Å². The van der Waals surface area contributed by atoms with Crippen LogP contribution >= 0.6 is 22.6 Å². The minimum Gasteiger partial charge on any atom is -0.492 e. The van der Waals surface area contributed by atoms with Gasteiger partial charge in [0, 0.05) is 26.7 Å². The fourth-order valence-electron chi connectivity index (χ4n) is 2.98. The van der Waals surface area contributed by atoms with E-state index in [1.54, 1.807) is 6.07 Å². The summed E-state index contributed by atoms with van der Waals surface area (Å²) in [6.45, 7) is 1.95. The van der Waals surface area contributed by atoms with Crippen molar-refractivity contribution in [1.29, 1.82) is 0 Å². The third-order valence-corrected chi connectivity index (χ3v) is 5.01. The Morgan fingerprint density at radius 2 is 1.85 bits per heavy atom. The molecule has 0 unspecified atom stereocenters. The van der Waals surface area contributed by atoms with E-state index in [-0.39, 0.29) is 5.75 Å². The average molecular weight is 480 g/mol. The molecule has 0 bridgehead atoms. The van der Waals surface area contributed by atoms with Crippen molar-refractivity contribution in [2.24, 2.45) is 0 Å². The Morgan fingerprint density at radius 1 is 1.19 bits per heavy atom. The van der Waals surface area contributed by atoms with Crippen LogP contribution in [0.3, 0.4) is 0 Å². The molecule has 1 heterocycles. The van der Waals surface area contributed by atoms with Gasteiger partial charge < -0.3 is 19.7 Å². The molecule has 3 rings (SSSR count). The first-order chi connectivity index (χ1) is 12.2. The molecule has 2 aromatic rings. The number of aliphatic hydroxyl groups excluding tert-OH is 2. The lowest BCUT2D eigenvalue weighted by atomic mass is 9.93. The Hall–Kier alpha value is -1.52. The van der Waals surface area contributed by atoms with Gasteiger partial charge in [0.1, 0.15) is 17.6 Å². The van der Waals surface area contributed by atoms with Gasteiger partial charge in [-0.05, 0) is 53.3 Å². The Kier molecular flexibility index (Phi) is 5.36. The van der Waals surface area contributed by atoms with Crippen LogP contribution in [0.2, 0.25) is 0 Å².